The molecule has 0 amide bonds. The van der Waals surface area contributed by atoms with Crippen LogP contribution in [0.15, 0.2) is 0 Å². The van der Waals surface area contributed by atoms with E-state index < -0.39 is 0 Å². The normalized spacial score (nSPS) is 30.7. The van der Waals surface area contributed by atoms with Crippen LogP contribution in [0.5, 0.6) is 0 Å². The van der Waals surface area contributed by atoms with Gasteiger partial charge in [-0.2, -0.15) is 0 Å². The Hall–Kier alpha value is 0.440. The van der Waals surface area contributed by atoms with Gasteiger partial charge in [0.05, 0.1) is 12.2 Å². The van der Waals surface area contributed by atoms with E-state index in [1.807, 2.05) is 0 Å². The summed E-state index contributed by atoms with van der Waals surface area (Å²) in [4.78, 5) is 0.714. The van der Waals surface area contributed by atoms with Crippen molar-refractivity contribution in [1.29, 1.82) is 0 Å². The second kappa shape index (κ2) is 6.02. The van der Waals surface area contributed by atoms with Crippen LogP contribution in [0.4, 0.5) is 0 Å². The molecular formula is C11H21BrO. The smallest absolute Gasteiger partial charge is 0.0579 e. The molecule has 3 unspecified atom stereocenters. The van der Waals surface area contributed by atoms with E-state index in [1.54, 1.807) is 0 Å². The van der Waals surface area contributed by atoms with E-state index in [9.17, 15) is 0 Å². The molecule has 0 saturated carbocycles. The van der Waals surface area contributed by atoms with Crippen LogP contribution >= 0.6 is 15.9 Å². The highest BCUT2D eigenvalue weighted by molar-refractivity contribution is 9.09. The van der Waals surface area contributed by atoms with Crippen molar-refractivity contribution in [1.82, 2.24) is 0 Å². The van der Waals surface area contributed by atoms with Crippen molar-refractivity contribution in [2.24, 2.45) is 0 Å². The first-order valence-electron chi connectivity index (χ1n) is 5.52. The SMILES string of the molecule is CCC(Br)CCCC1CCC(C)O1. The summed E-state index contributed by atoms with van der Waals surface area (Å²) in [6.45, 7) is 4.41. The molecule has 0 aromatic heterocycles. The van der Waals surface area contributed by atoms with Gasteiger partial charge in [-0.25, -0.2) is 0 Å². The van der Waals surface area contributed by atoms with Gasteiger partial charge >= 0.3 is 0 Å². The van der Waals surface area contributed by atoms with Gasteiger partial charge in [0, 0.05) is 4.83 Å². The molecule has 0 radical (unpaired) electrons. The minimum Gasteiger partial charge on any atom is -0.375 e. The monoisotopic (exact) mass is 248 g/mol. The molecule has 1 rings (SSSR count). The Balaban J connectivity index is 2.00. The molecule has 0 aromatic carbocycles. The zero-order chi connectivity index (χ0) is 9.68. The molecule has 1 saturated heterocycles. The molecule has 1 fully saturated rings. The molecule has 78 valence electrons. The van der Waals surface area contributed by atoms with E-state index in [4.69, 9.17) is 4.74 Å². The number of hydrogen-bond donors (Lipinski definition) is 0. The Morgan fingerprint density at radius 3 is 2.77 bits per heavy atom. The predicted octanol–water partition coefficient (Wildman–Crippen LogP) is 3.90. The first-order chi connectivity index (χ1) is 6.22. The third kappa shape index (κ3) is 4.46. The second-order valence-electron chi connectivity index (χ2n) is 4.08. The van der Waals surface area contributed by atoms with Gasteiger partial charge in [0.2, 0.25) is 0 Å². The van der Waals surface area contributed by atoms with E-state index in [0.717, 1.165) is 0 Å². The summed E-state index contributed by atoms with van der Waals surface area (Å²) in [6.07, 6.45) is 8.71. The molecule has 1 aliphatic heterocycles. The standard InChI is InChI=1S/C11H21BrO/c1-3-10(12)5-4-6-11-8-7-9(2)13-11/h9-11H,3-8H2,1-2H3. The molecule has 1 heterocycles. The van der Waals surface area contributed by atoms with Crippen LogP contribution in [0.1, 0.15) is 52.4 Å². The zero-order valence-corrected chi connectivity index (χ0v) is 10.3. The maximum Gasteiger partial charge on any atom is 0.0579 e. The van der Waals surface area contributed by atoms with Crippen molar-refractivity contribution >= 4 is 15.9 Å². The Kier molecular flexibility index (Phi) is 5.34. The van der Waals surface area contributed by atoms with E-state index in [0.29, 0.717) is 17.0 Å². The Labute approximate surface area is 90.4 Å². The lowest BCUT2D eigenvalue weighted by Crippen LogP contribution is -2.08. The van der Waals surface area contributed by atoms with E-state index in [1.165, 1.54) is 38.5 Å². The molecule has 0 spiro atoms. The van der Waals surface area contributed by atoms with Crippen molar-refractivity contribution in [3.8, 4) is 0 Å². The van der Waals surface area contributed by atoms with Crippen molar-refractivity contribution in [2.75, 3.05) is 0 Å². The van der Waals surface area contributed by atoms with Crippen LogP contribution in [0.25, 0.3) is 0 Å². The largest absolute Gasteiger partial charge is 0.375 e. The van der Waals surface area contributed by atoms with Gasteiger partial charge in [0.15, 0.2) is 0 Å². The van der Waals surface area contributed by atoms with Gasteiger partial charge in [-0.1, -0.05) is 22.9 Å². The van der Waals surface area contributed by atoms with Crippen molar-refractivity contribution in [2.45, 2.75) is 69.4 Å². The summed E-state index contributed by atoms with van der Waals surface area (Å²) in [7, 11) is 0. The van der Waals surface area contributed by atoms with Gasteiger partial charge in [-0.05, 0) is 45.4 Å². The summed E-state index contributed by atoms with van der Waals surface area (Å²) >= 11 is 3.66. The van der Waals surface area contributed by atoms with Crippen LogP contribution < -0.4 is 0 Å². The van der Waals surface area contributed by atoms with Crippen LogP contribution in [0, 0.1) is 0 Å². The highest BCUT2D eigenvalue weighted by atomic mass is 79.9. The van der Waals surface area contributed by atoms with Crippen molar-refractivity contribution < 1.29 is 4.74 Å². The van der Waals surface area contributed by atoms with Gasteiger partial charge in [0.25, 0.3) is 0 Å². The lowest BCUT2D eigenvalue weighted by molar-refractivity contribution is 0.0495. The maximum absolute atomic E-state index is 5.76. The van der Waals surface area contributed by atoms with E-state index >= 15 is 0 Å². The van der Waals surface area contributed by atoms with Crippen LogP contribution in [0.3, 0.4) is 0 Å². The number of rotatable bonds is 5. The number of alkyl halides is 1. The van der Waals surface area contributed by atoms with Gasteiger partial charge in [-0.15, -0.1) is 0 Å². The highest BCUT2D eigenvalue weighted by Gasteiger charge is 2.21. The van der Waals surface area contributed by atoms with E-state index in [2.05, 4.69) is 29.8 Å². The van der Waals surface area contributed by atoms with Crippen LogP contribution in [-0.4, -0.2) is 17.0 Å². The Bertz CT molecular complexity index is 138. The minimum absolute atomic E-state index is 0.510. The summed E-state index contributed by atoms with van der Waals surface area (Å²) in [5, 5.41) is 0. The number of halogens is 1. The summed E-state index contributed by atoms with van der Waals surface area (Å²) in [5.41, 5.74) is 0. The molecule has 0 aliphatic carbocycles. The summed E-state index contributed by atoms with van der Waals surface area (Å²) in [5.74, 6) is 0. The molecule has 0 bridgehead atoms. The third-order valence-electron chi connectivity index (χ3n) is 2.81. The van der Waals surface area contributed by atoms with E-state index in [-0.39, 0.29) is 0 Å². The molecule has 0 N–H and O–H groups in total. The van der Waals surface area contributed by atoms with Gasteiger partial charge in [0.1, 0.15) is 0 Å². The summed E-state index contributed by atoms with van der Waals surface area (Å²) in [6, 6.07) is 0. The highest BCUT2D eigenvalue weighted by Crippen LogP contribution is 2.24. The fraction of sp³-hybridized carbons (Fsp3) is 1.00. The predicted molar refractivity (Wildman–Crippen MR) is 60.4 cm³/mol. The fourth-order valence-corrected chi connectivity index (χ4v) is 2.19. The quantitative estimate of drug-likeness (QED) is 0.671. The minimum atomic E-state index is 0.510. The molecule has 1 aliphatic rings. The molecule has 13 heavy (non-hydrogen) atoms. The van der Waals surface area contributed by atoms with Crippen molar-refractivity contribution in [3.05, 3.63) is 0 Å². The Morgan fingerprint density at radius 2 is 2.23 bits per heavy atom. The molecule has 2 heteroatoms. The lowest BCUT2D eigenvalue weighted by Gasteiger charge is -2.11. The average Bonchev–Trinajstić information content (AvgIpc) is 2.51. The van der Waals surface area contributed by atoms with Gasteiger partial charge in [-0.3, -0.25) is 0 Å². The molecule has 0 aromatic rings. The lowest BCUT2D eigenvalue weighted by atomic mass is 10.1. The average molecular weight is 249 g/mol. The first-order valence-corrected chi connectivity index (χ1v) is 6.43. The van der Waals surface area contributed by atoms with Crippen molar-refractivity contribution in [3.63, 3.8) is 0 Å². The number of ether oxygens (including phenoxy) is 1. The first kappa shape index (κ1) is 11.5. The topological polar surface area (TPSA) is 9.23 Å². The zero-order valence-electron chi connectivity index (χ0n) is 8.76. The Morgan fingerprint density at radius 1 is 1.46 bits per heavy atom. The van der Waals surface area contributed by atoms with Crippen LogP contribution in [0.2, 0.25) is 0 Å². The third-order valence-corrected chi connectivity index (χ3v) is 3.91. The fourth-order valence-electron chi connectivity index (χ4n) is 1.87. The van der Waals surface area contributed by atoms with Gasteiger partial charge < -0.3 is 4.74 Å². The summed E-state index contributed by atoms with van der Waals surface area (Å²) < 4.78 is 5.76. The molecular weight excluding hydrogens is 228 g/mol. The van der Waals surface area contributed by atoms with Crippen LogP contribution in [-0.2, 0) is 4.74 Å². The molecule has 3 atom stereocenters. The maximum atomic E-state index is 5.76. The number of hydrogen-bond acceptors (Lipinski definition) is 1. The second-order valence-corrected chi connectivity index (χ2v) is 5.38. The molecule has 1 nitrogen and oxygen atoms in total.